The maximum atomic E-state index is 11.6. The van der Waals surface area contributed by atoms with Crippen molar-refractivity contribution in [2.75, 3.05) is 0 Å². The highest BCUT2D eigenvalue weighted by molar-refractivity contribution is 8.13. The van der Waals surface area contributed by atoms with Crippen molar-refractivity contribution in [3.05, 3.63) is 5.82 Å². The van der Waals surface area contributed by atoms with E-state index >= 15 is 0 Å². The lowest BCUT2D eigenvalue weighted by Crippen LogP contribution is -2.27. The molecule has 0 unspecified atom stereocenters. The molecule has 0 radical (unpaired) electrons. The molecule has 1 aliphatic rings. The summed E-state index contributed by atoms with van der Waals surface area (Å²) in [6, 6.07) is 0. The van der Waals surface area contributed by atoms with Crippen LogP contribution in [0.15, 0.2) is 5.16 Å². The quantitative estimate of drug-likeness (QED) is 0.805. The van der Waals surface area contributed by atoms with Gasteiger partial charge in [0.15, 0.2) is 0 Å². The predicted octanol–water partition coefficient (Wildman–Crippen LogP) is 2.69. The van der Waals surface area contributed by atoms with Gasteiger partial charge in [-0.1, -0.05) is 25.7 Å². The fourth-order valence-electron chi connectivity index (χ4n) is 2.74. The zero-order valence-corrected chi connectivity index (χ0v) is 13.1. The van der Waals surface area contributed by atoms with Gasteiger partial charge < -0.3 is 0 Å². The molecule has 0 aliphatic heterocycles. The first-order chi connectivity index (χ1) is 8.69. The van der Waals surface area contributed by atoms with Crippen molar-refractivity contribution in [3.8, 4) is 0 Å². The average Bonchev–Trinajstić information content (AvgIpc) is 2.84. The molecule has 19 heavy (non-hydrogen) atoms. The van der Waals surface area contributed by atoms with E-state index in [2.05, 4.69) is 10.2 Å². The van der Waals surface area contributed by atoms with Crippen molar-refractivity contribution in [3.63, 3.8) is 0 Å². The van der Waals surface area contributed by atoms with E-state index in [0.717, 1.165) is 12.2 Å². The summed E-state index contributed by atoms with van der Waals surface area (Å²) in [5, 5.41) is 7.71. The van der Waals surface area contributed by atoms with E-state index in [0.29, 0.717) is 5.92 Å². The molecule has 0 atom stereocenters. The molecular weight excluding hydrogens is 286 g/mol. The van der Waals surface area contributed by atoms with Crippen LogP contribution >= 0.6 is 10.7 Å². The zero-order chi connectivity index (χ0) is 14.3. The number of nitrogens with zero attached hydrogens (tertiary/aromatic N) is 3. The van der Waals surface area contributed by atoms with Crippen molar-refractivity contribution < 1.29 is 8.42 Å². The maximum absolute atomic E-state index is 11.6. The maximum Gasteiger partial charge on any atom is 0.296 e. The Bertz CT molecular complexity index is 554. The Kier molecular flexibility index (Phi) is 3.93. The number of aromatic nitrogens is 3. The Morgan fingerprint density at radius 3 is 2.32 bits per heavy atom. The van der Waals surface area contributed by atoms with Crippen LogP contribution in [0.5, 0.6) is 0 Å². The molecule has 5 nitrogen and oxygen atoms in total. The molecule has 0 aromatic carbocycles. The highest BCUT2D eigenvalue weighted by atomic mass is 35.7. The first-order valence-corrected chi connectivity index (χ1v) is 8.90. The smallest absolute Gasteiger partial charge is 0.295 e. The van der Waals surface area contributed by atoms with Gasteiger partial charge in [0.1, 0.15) is 5.82 Å². The average molecular weight is 306 g/mol. The minimum absolute atomic E-state index is 0.144. The van der Waals surface area contributed by atoms with Crippen molar-refractivity contribution in [1.29, 1.82) is 0 Å². The molecule has 108 valence electrons. The molecule has 1 fully saturated rings. The SMILES string of the molecule is CC(C)(C)n1c(CC2CCCC2)nnc1S(=O)(=O)Cl. The van der Waals surface area contributed by atoms with Gasteiger partial charge in [-0.3, -0.25) is 4.57 Å². The summed E-state index contributed by atoms with van der Waals surface area (Å²) in [5.74, 6) is 1.30. The van der Waals surface area contributed by atoms with Gasteiger partial charge in [0.05, 0.1) is 0 Å². The molecule has 1 saturated carbocycles. The van der Waals surface area contributed by atoms with Gasteiger partial charge in [0.25, 0.3) is 14.2 Å². The largest absolute Gasteiger partial charge is 0.296 e. The van der Waals surface area contributed by atoms with Crippen LogP contribution < -0.4 is 0 Å². The first kappa shape index (κ1) is 14.8. The number of hydrogen-bond acceptors (Lipinski definition) is 4. The second-order valence-corrected chi connectivity index (χ2v) is 8.66. The van der Waals surface area contributed by atoms with Gasteiger partial charge in [-0.15, -0.1) is 10.2 Å². The topological polar surface area (TPSA) is 64.8 Å². The third kappa shape index (κ3) is 3.28. The van der Waals surface area contributed by atoms with Gasteiger partial charge in [-0.25, -0.2) is 8.42 Å². The molecule has 0 spiro atoms. The second kappa shape index (κ2) is 5.05. The monoisotopic (exact) mass is 305 g/mol. The van der Waals surface area contributed by atoms with E-state index in [9.17, 15) is 8.42 Å². The van der Waals surface area contributed by atoms with Crippen molar-refractivity contribution in [2.24, 2.45) is 5.92 Å². The van der Waals surface area contributed by atoms with Gasteiger partial charge in [0, 0.05) is 22.6 Å². The van der Waals surface area contributed by atoms with E-state index in [1.165, 1.54) is 25.7 Å². The molecule has 1 aliphatic carbocycles. The molecule has 0 saturated heterocycles. The Hall–Kier alpha value is -0.620. The lowest BCUT2D eigenvalue weighted by Gasteiger charge is -2.24. The lowest BCUT2D eigenvalue weighted by atomic mass is 10.0. The Morgan fingerprint density at radius 1 is 1.26 bits per heavy atom. The Morgan fingerprint density at radius 2 is 1.84 bits per heavy atom. The molecule has 2 rings (SSSR count). The van der Waals surface area contributed by atoms with E-state index in [1.54, 1.807) is 4.57 Å². The summed E-state index contributed by atoms with van der Waals surface area (Å²) in [6.07, 6.45) is 5.63. The van der Waals surface area contributed by atoms with Crippen LogP contribution in [0.4, 0.5) is 0 Å². The molecule has 0 N–H and O–H groups in total. The molecule has 0 amide bonds. The fraction of sp³-hybridized carbons (Fsp3) is 0.833. The normalized spacial score (nSPS) is 18.1. The van der Waals surface area contributed by atoms with Crippen LogP contribution in [-0.2, 0) is 21.0 Å². The van der Waals surface area contributed by atoms with Crippen molar-refractivity contribution in [2.45, 2.75) is 63.6 Å². The second-order valence-electron chi connectivity index (χ2n) is 6.20. The minimum atomic E-state index is -3.87. The number of rotatable bonds is 3. The Labute approximate surface area is 118 Å². The van der Waals surface area contributed by atoms with E-state index in [4.69, 9.17) is 10.7 Å². The summed E-state index contributed by atoms with van der Waals surface area (Å²) in [7, 11) is 1.58. The van der Waals surface area contributed by atoms with Crippen LogP contribution in [0.3, 0.4) is 0 Å². The highest BCUT2D eigenvalue weighted by Crippen LogP contribution is 2.30. The first-order valence-electron chi connectivity index (χ1n) is 6.59. The molecule has 1 heterocycles. The van der Waals surface area contributed by atoms with Crippen molar-refractivity contribution in [1.82, 2.24) is 14.8 Å². The minimum Gasteiger partial charge on any atom is -0.295 e. The molecule has 1 aromatic rings. The number of hydrogen-bond donors (Lipinski definition) is 0. The molecular formula is C12H20ClN3O2S. The third-order valence-electron chi connectivity index (χ3n) is 3.54. The zero-order valence-electron chi connectivity index (χ0n) is 11.6. The van der Waals surface area contributed by atoms with Crippen LogP contribution in [0.2, 0.25) is 0 Å². The van der Waals surface area contributed by atoms with Gasteiger partial charge in [0.2, 0.25) is 0 Å². The van der Waals surface area contributed by atoms with Crippen LogP contribution in [0.25, 0.3) is 0 Å². The van der Waals surface area contributed by atoms with Crippen LogP contribution in [0, 0.1) is 5.92 Å². The molecule has 7 heteroatoms. The predicted molar refractivity (Wildman–Crippen MR) is 73.7 cm³/mol. The summed E-state index contributed by atoms with van der Waals surface area (Å²) in [4.78, 5) is 0. The van der Waals surface area contributed by atoms with E-state index < -0.39 is 14.6 Å². The Balaban J connectivity index is 2.41. The fourth-order valence-corrected chi connectivity index (χ4v) is 3.77. The van der Waals surface area contributed by atoms with E-state index in [1.807, 2.05) is 20.8 Å². The van der Waals surface area contributed by atoms with Crippen LogP contribution in [0.1, 0.15) is 52.3 Å². The van der Waals surface area contributed by atoms with Gasteiger partial charge in [-0.2, -0.15) is 0 Å². The summed E-state index contributed by atoms with van der Waals surface area (Å²) < 4.78 is 24.8. The highest BCUT2D eigenvalue weighted by Gasteiger charge is 2.30. The molecule has 0 bridgehead atoms. The summed E-state index contributed by atoms with van der Waals surface area (Å²) in [6.45, 7) is 5.79. The standard InChI is InChI=1S/C12H20ClN3O2S/c1-12(2,3)16-10(8-9-6-4-5-7-9)14-15-11(16)19(13,17)18/h9H,4-8H2,1-3H3. The van der Waals surface area contributed by atoms with Gasteiger partial charge >= 0.3 is 0 Å². The molecule has 1 aromatic heterocycles. The lowest BCUT2D eigenvalue weighted by molar-refractivity contribution is 0.342. The number of halogens is 1. The summed E-state index contributed by atoms with van der Waals surface area (Å²) in [5.41, 5.74) is -0.408. The third-order valence-corrected chi connectivity index (χ3v) is 4.65. The van der Waals surface area contributed by atoms with E-state index in [-0.39, 0.29) is 5.16 Å². The summed E-state index contributed by atoms with van der Waals surface area (Å²) >= 11 is 0. The van der Waals surface area contributed by atoms with Crippen LogP contribution in [-0.4, -0.2) is 23.2 Å². The van der Waals surface area contributed by atoms with Crippen molar-refractivity contribution >= 4 is 19.7 Å². The van der Waals surface area contributed by atoms with Gasteiger partial charge in [-0.05, 0) is 26.7 Å².